The standard InChI is InChI=1S/C12H13NO3/c14-11-9(7-10(13-11)12(15)16)6-8-4-2-1-3-5-8/h1-5,9-10H,6-7H2,(H,13,14)(H,15,16)/t9-,10-/m0/s1. The molecule has 0 aliphatic carbocycles. The highest BCUT2D eigenvalue weighted by atomic mass is 16.4. The average Bonchev–Trinajstić information content (AvgIpc) is 2.62. The first kappa shape index (κ1) is 10.7. The monoisotopic (exact) mass is 219 g/mol. The molecule has 84 valence electrons. The Balaban J connectivity index is 2.02. The number of carboxylic acid groups (broad SMARTS) is 1. The van der Waals surface area contributed by atoms with E-state index in [0.717, 1.165) is 5.56 Å². The van der Waals surface area contributed by atoms with Crippen LogP contribution in [-0.2, 0) is 16.0 Å². The number of carbonyl (C=O) groups excluding carboxylic acids is 1. The molecule has 2 rings (SSSR count). The highest BCUT2D eigenvalue weighted by Crippen LogP contribution is 2.20. The van der Waals surface area contributed by atoms with E-state index in [1.54, 1.807) is 0 Å². The summed E-state index contributed by atoms with van der Waals surface area (Å²) in [6.45, 7) is 0. The molecule has 4 heteroatoms. The first-order chi connectivity index (χ1) is 7.66. The Bertz CT molecular complexity index is 402. The molecule has 2 N–H and O–H groups in total. The molecule has 1 aromatic rings. The summed E-state index contributed by atoms with van der Waals surface area (Å²) in [5, 5.41) is 11.3. The molecule has 0 radical (unpaired) electrons. The van der Waals surface area contributed by atoms with Crippen LogP contribution in [0.15, 0.2) is 30.3 Å². The zero-order chi connectivity index (χ0) is 11.5. The van der Waals surface area contributed by atoms with Gasteiger partial charge in [0.05, 0.1) is 0 Å². The lowest BCUT2D eigenvalue weighted by Gasteiger charge is -2.05. The first-order valence-corrected chi connectivity index (χ1v) is 5.24. The molecule has 1 saturated heterocycles. The Morgan fingerprint density at radius 3 is 2.62 bits per heavy atom. The Hall–Kier alpha value is -1.84. The van der Waals surface area contributed by atoms with Crippen LogP contribution < -0.4 is 5.32 Å². The highest BCUT2D eigenvalue weighted by molar-refractivity contribution is 5.89. The van der Waals surface area contributed by atoms with Crippen molar-refractivity contribution in [2.24, 2.45) is 5.92 Å². The molecule has 1 fully saturated rings. The predicted molar refractivity (Wildman–Crippen MR) is 57.8 cm³/mol. The van der Waals surface area contributed by atoms with E-state index in [2.05, 4.69) is 5.32 Å². The van der Waals surface area contributed by atoms with Gasteiger partial charge >= 0.3 is 5.97 Å². The van der Waals surface area contributed by atoms with Crippen molar-refractivity contribution < 1.29 is 14.7 Å². The molecule has 1 amide bonds. The molecule has 0 unspecified atom stereocenters. The fourth-order valence-corrected chi connectivity index (χ4v) is 1.98. The summed E-state index contributed by atoms with van der Waals surface area (Å²) in [6.07, 6.45) is 0.986. The molecule has 0 spiro atoms. The van der Waals surface area contributed by atoms with Gasteiger partial charge in [-0.2, -0.15) is 0 Å². The minimum Gasteiger partial charge on any atom is -0.480 e. The molecule has 1 aromatic carbocycles. The molecule has 1 heterocycles. The summed E-state index contributed by atoms with van der Waals surface area (Å²) in [6, 6.07) is 8.91. The van der Waals surface area contributed by atoms with Crippen molar-refractivity contribution >= 4 is 11.9 Å². The van der Waals surface area contributed by atoms with Crippen LogP contribution in [0.3, 0.4) is 0 Å². The molecule has 16 heavy (non-hydrogen) atoms. The number of amides is 1. The number of benzene rings is 1. The number of hydrogen-bond acceptors (Lipinski definition) is 2. The van der Waals surface area contributed by atoms with Crippen LogP contribution in [0.5, 0.6) is 0 Å². The Kier molecular flexibility index (Phi) is 2.90. The summed E-state index contributed by atoms with van der Waals surface area (Å²) in [7, 11) is 0. The van der Waals surface area contributed by atoms with Gasteiger partial charge in [0, 0.05) is 5.92 Å². The maximum absolute atomic E-state index is 11.5. The predicted octanol–water partition coefficient (Wildman–Crippen LogP) is 0.818. The highest BCUT2D eigenvalue weighted by Gasteiger charge is 2.35. The minimum atomic E-state index is -0.955. The lowest BCUT2D eigenvalue weighted by atomic mass is 9.96. The third kappa shape index (κ3) is 2.21. The number of nitrogens with one attached hydrogen (secondary N) is 1. The van der Waals surface area contributed by atoms with Gasteiger partial charge in [0.2, 0.25) is 5.91 Å². The molecule has 1 aliphatic rings. The zero-order valence-corrected chi connectivity index (χ0v) is 8.72. The molecule has 2 atom stereocenters. The second-order valence-electron chi connectivity index (χ2n) is 4.02. The largest absolute Gasteiger partial charge is 0.480 e. The first-order valence-electron chi connectivity index (χ1n) is 5.24. The molecular formula is C12H13NO3. The smallest absolute Gasteiger partial charge is 0.326 e. The number of rotatable bonds is 3. The van der Waals surface area contributed by atoms with Gasteiger partial charge in [0.15, 0.2) is 0 Å². The Labute approximate surface area is 93.3 Å². The molecule has 4 nitrogen and oxygen atoms in total. The van der Waals surface area contributed by atoms with Crippen molar-refractivity contribution in [3.63, 3.8) is 0 Å². The quantitative estimate of drug-likeness (QED) is 0.790. The summed E-state index contributed by atoms with van der Waals surface area (Å²) in [4.78, 5) is 22.2. The van der Waals surface area contributed by atoms with E-state index in [1.165, 1.54) is 0 Å². The van der Waals surface area contributed by atoms with Crippen molar-refractivity contribution in [3.8, 4) is 0 Å². The van der Waals surface area contributed by atoms with Gasteiger partial charge < -0.3 is 10.4 Å². The lowest BCUT2D eigenvalue weighted by Crippen LogP contribution is -2.32. The third-order valence-corrected chi connectivity index (χ3v) is 2.83. The summed E-state index contributed by atoms with van der Waals surface area (Å²) in [5.41, 5.74) is 1.06. The van der Waals surface area contributed by atoms with Crippen LogP contribution >= 0.6 is 0 Å². The van der Waals surface area contributed by atoms with E-state index < -0.39 is 12.0 Å². The summed E-state index contributed by atoms with van der Waals surface area (Å²) < 4.78 is 0. The molecule has 0 saturated carbocycles. The van der Waals surface area contributed by atoms with Crippen LogP contribution in [0.25, 0.3) is 0 Å². The van der Waals surface area contributed by atoms with Gasteiger partial charge in [0.1, 0.15) is 6.04 Å². The normalized spacial score (nSPS) is 24.1. The van der Waals surface area contributed by atoms with Gasteiger partial charge in [-0.25, -0.2) is 4.79 Å². The van der Waals surface area contributed by atoms with Crippen LogP contribution in [0.1, 0.15) is 12.0 Å². The van der Waals surface area contributed by atoms with E-state index in [4.69, 9.17) is 5.11 Å². The number of carbonyl (C=O) groups is 2. The minimum absolute atomic E-state index is 0.156. The molecule has 0 aromatic heterocycles. The average molecular weight is 219 g/mol. The zero-order valence-electron chi connectivity index (χ0n) is 8.72. The number of aliphatic carboxylic acids is 1. The van der Waals surface area contributed by atoms with Crippen LogP contribution in [0.4, 0.5) is 0 Å². The van der Waals surface area contributed by atoms with Gasteiger partial charge in [0.25, 0.3) is 0 Å². The van der Waals surface area contributed by atoms with Gasteiger partial charge in [-0.15, -0.1) is 0 Å². The van der Waals surface area contributed by atoms with Gasteiger partial charge in [-0.05, 0) is 18.4 Å². The fourth-order valence-electron chi connectivity index (χ4n) is 1.98. The van der Waals surface area contributed by atoms with E-state index in [0.29, 0.717) is 12.8 Å². The maximum atomic E-state index is 11.5. The van der Waals surface area contributed by atoms with E-state index in [1.807, 2.05) is 30.3 Å². The van der Waals surface area contributed by atoms with Crippen molar-refractivity contribution in [1.82, 2.24) is 5.32 Å². The van der Waals surface area contributed by atoms with Crippen molar-refractivity contribution in [1.29, 1.82) is 0 Å². The second-order valence-corrected chi connectivity index (χ2v) is 4.02. The summed E-state index contributed by atoms with van der Waals surface area (Å²) >= 11 is 0. The van der Waals surface area contributed by atoms with Crippen LogP contribution in [0, 0.1) is 5.92 Å². The Morgan fingerprint density at radius 1 is 1.38 bits per heavy atom. The SMILES string of the molecule is O=C1N[C@H](C(=O)O)C[C@@H]1Cc1ccccc1. The van der Waals surface area contributed by atoms with Crippen molar-refractivity contribution in [2.75, 3.05) is 0 Å². The van der Waals surface area contributed by atoms with Crippen molar-refractivity contribution in [2.45, 2.75) is 18.9 Å². The van der Waals surface area contributed by atoms with Gasteiger partial charge in [-0.3, -0.25) is 4.79 Å². The maximum Gasteiger partial charge on any atom is 0.326 e. The third-order valence-electron chi connectivity index (χ3n) is 2.83. The van der Waals surface area contributed by atoms with Crippen LogP contribution in [0.2, 0.25) is 0 Å². The Morgan fingerprint density at radius 2 is 2.06 bits per heavy atom. The molecular weight excluding hydrogens is 206 g/mol. The fraction of sp³-hybridized carbons (Fsp3) is 0.333. The molecule has 0 bridgehead atoms. The van der Waals surface area contributed by atoms with Crippen molar-refractivity contribution in [3.05, 3.63) is 35.9 Å². The molecule has 1 aliphatic heterocycles. The van der Waals surface area contributed by atoms with Crippen LogP contribution in [-0.4, -0.2) is 23.0 Å². The van der Waals surface area contributed by atoms with Gasteiger partial charge in [-0.1, -0.05) is 30.3 Å². The number of carboxylic acids is 1. The topological polar surface area (TPSA) is 66.4 Å². The number of hydrogen-bond donors (Lipinski definition) is 2. The second kappa shape index (κ2) is 4.35. The summed E-state index contributed by atoms with van der Waals surface area (Å²) in [5.74, 6) is -1.33. The lowest BCUT2D eigenvalue weighted by molar-refractivity contribution is -0.140. The van der Waals surface area contributed by atoms with E-state index >= 15 is 0 Å². The van der Waals surface area contributed by atoms with E-state index in [-0.39, 0.29) is 11.8 Å². The van der Waals surface area contributed by atoms with E-state index in [9.17, 15) is 9.59 Å².